The number of alkyl halides is 1. The normalized spacial score (nSPS) is 10.1. The average Bonchev–Trinajstić information content (AvgIpc) is 2.22. The number of benzene rings is 1. The first-order chi connectivity index (χ1) is 7.15. The molecule has 0 bridgehead atoms. The third-order valence-electron chi connectivity index (χ3n) is 1.76. The van der Waals surface area contributed by atoms with E-state index in [0.29, 0.717) is 33.9 Å². The van der Waals surface area contributed by atoms with Crippen LogP contribution in [0.1, 0.15) is 12.8 Å². The van der Waals surface area contributed by atoms with Gasteiger partial charge in [0.25, 0.3) is 0 Å². The van der Waals surface area contributed by atoms with Gasteiger partial charge in [0.05, 0.1) is 15.2 Å². The van der Waals surface area contributed by atoms with E-state index in [0.717, 1.165) is 0 Å². The molecule has 0 aliphatic rings. The van der Waals surface area contributed by atoms with Crippen LogP contribution < -0.4 is 5.32 Å². The van der Waals surface area contributed by atoms with E-state index in [1.54, 1.807) is 18.2 Å². The smallest absolute Gasteiger partial charge is 0.224 e. The summed E-state index contributed by atoms with van der Waals surface area (Å²) >= 11 is 14.7. The lowest BCUT2D eigenvalue weighted by molar-refractivity contribution is -0.116. The Morgan fingerprint density at radius 2 is 2.20 bits per heavy atom. The van der Waals surface area contributed by atoms with Crippen LogP contribution in [0.3, 0.4) is 0 Å². The fourth-order valence-electron chi connectivity index (χ4n) is 1.04. The Kier molecular flexibility index (Phi) is 5.43. The van der Waals surface area contributed by atoms with Crippen LogP contribution in [0.15, 0.2) is 22.7 Å². The summed E-state index contributed by atoms with van der Waals surface area (Å²) in [5.41, 5.74) is 0.682. The molecule has 2 nitrogen and oxygen atoms in total. The lowest BCUT2D eigenvalue weighted by atomic mass is 10.3. The van der Waals surface area contributed by atoms with Crippen LogP contribution in [0, 0.1) is 0 Å². The topological polar surface area (TPSA) is 29.1 Å². The van der Waals surface area contributed by atoms with Gasteiger partial charge in [0, 0.05) is 12.3 Å². The van der Waals surface area contributed by atoms with Gasteiger partial charge < -0.3 is 5.32 Å². The van der Waals surface area contributed by atoms with Gasteiger partial charge in [0.15, 0.2) is 0 Å². The van der Waals surface area contributed by atoms with Gasteiger partial charge >= 0.3 is 0 Å². The van der Waals surface area contributed by atoms with Crippen molar-refractivity contribution < 1.29 is 4.79 Å². The molecule has 0 saturated heterocycles. The molecule has 15 heavy (non-hydrogen) atoms. The number of hydrogen-bond donors (Lipinski definition) is 1. The summed E-state index contributed by atoms with van der Waals surface area (Å²) in [6.07, 6.45) is 1.09. The first-order valence-electron chi connectivity index (χ1n) is 4.45. The maximum Gasteiger partial charge on any atom is 0.224 e. The van der Waals surface area contributed by atoms with Gasteiger partial charge in [-0.25, -0.2) is 0 Å². The largest absolute Gasteiger partial charge is 0.325 e. The highest BCUT2D eigenvalue weighted by molar-refractivity contribution is 9.10. The van der Waals surface area contributed by atoms with Crippen molar-refractivity contribution in [1.82, 2.24) is 0 Å². The Morgan fingerprint density at radius 1 is 1.47 bits per heavy atom. The van der Waals surface area contributed by atoms with Crippen LogP contribution in [-0.2, 0) is 4.79 Å². The summed E-state index contributed by atoms with van der Waals surface area (Å²) in [4.78, 5) is 11.4. The number of carbonyl (C=O) groups excluding carboxylic acids is 1. The number of anilines is 1. The van der Waals surface area contributed by atoms with Gasteiger partial charge in [-0.05, 0) is 34.5 Å². The van der Waals surface area contributed by atoms with E-state index in [1.807, 2.05) is 0 Å². The number of nitrogens with one attached hydrogen (secondary N) is 1. The van der Waals surface area contributed by atoms with Crippen molar-refractivity contribution in [2.24, 2.45) is 0 Å². The van der Waals surface area contributed by atoms with Crippen LogP contribution in [0.2, 0.25) is 5.02 Å². The van der Waals surface area contributed by atoms with E-state index in [4.69, 9.17) is 23.2 Å². The number of rotatable bonds is 4. The molecule has 0 aliphatic heterocycles. The van der Waals surface area contributed by atoms with Gasteiger partial charge in [-0.2, -0.15) is 0 Å². The Morgan fingerprint density at radius 3 is 2.87 bits per heavy atom. The van der Waals surface area contributed by atoms with Crippen molar-refractivity contribution in [2.45, 2.75) is 12.8 Å². The van der Waals surface area contributed by atoms with Crippen molar-refractivity contribution in [3.63, 3.8) is 0 Å². The second kappa shape index (κ2) is 6.36. The Bertz CT molecular complexity index is 357. The molecule has 1 rings (SSSR count). The molecule has 0 unspecified atom stereocenters. The summed E-state index contributed by atoms with van der Waals surface area (Å²) in [5, 5.41) is 3.33. The van der Waals surface area contributed by atoms with Crippen LogP contribution in [0.25, 0.3) is 0 Å². The van der Waals surface area contributed by atoms with Crippen molar-refractivity contribution in [1.29, 1.82) is 0 Å². The third kappa shape index (κ3) is 4.01. The highest BCUT2D eigenvalue weighted by atomic mass is 79.9. The molecule has 0 saturated carbocycles. The maximum absolute atomic E-state index is 11.4. The Labute approximate surface area is 107 Å². The van der Waals surface area contributed by atoms with E-state index in [9.17, 15) is 4.79 Å². The van der Waals surface area contributed by atoms with Gasteiger partial charge in [0.2, 0.25) is 5.91 Å². The molecule has 5 heteroatoms. The summed E-state index contributed by atoms with van der Waals surface area (Å²) in [6, 6.07) is 5.32. The second-order valence-corrected chi connectivity index (χ2v) is 4.52. The lowest BCUT2D eigenvalue weighted by Gasteiger charge is -2.07. The van der Waals surface area contributed by atoms with E-state index >= 15 is 0 Å². The SMILES string of the molecule is O=C(CCCCl)Nc1cccc(Cl)c1Br. The summed E-state index contributed by atoms with van der Waals surface area (Å²) in [7, 11) is 0. The van der Waals surface area contributed by atoms with Crippen LogP contribution in [0.5, 0.6) is 0 Å². The monoisotopic (exact) mass is 309 g/mol. The molecule has 1 amide bonds. The fraction of sp³-hybridized carbons (Fsp3) is 0.300. The minimum Gasteiger partial charge on any atom is -0.325 e. The first kappa shape index (κ1) is 12.8. The van der Waals surface area contributed by atoms with Crippen LogP contribution in [0.4, 0.5) is 5.69 Å². The zero-order chi connectivity index (χ0) is 11.3. The van der Waals surface area contributed by atoms with Gasteiger partial charge in [-0.15, -0.1) is 11.6 Å². The minimum absolute atomic E-state index is 0.0568. The van der Waals surface area contributed by atoms with Crippen molar-refractivity contribution in [3.8, 4) is 0 Å². The summed E-state index contributed by atoms with van der Waals surface area (Å²) in [5.74, 6) is 0.433. The predicted molar refractivity (Wildman–Crippen MR) is 67.7 cm³/mol. The van der Waals surface area contributed by atoms with E-state index in [1.165, 1.54) is 0 Å². The van der Waals surface area contributed by atoms with Gasteiger partial charge in [0.1, 0.15) is 0 Å². The minimum atomic E-state index is -0.0568. The molecule has 0 aromatic heterocycles. The quantitative estimate of drug-likeness (QED) is 0.835. The molecule has 1 aromatic carbocycles. The van der Waals surface area contributed by atoms with E-state index in [2.05, 4.69) is 21.2 Å². The molecule has 0 heterocycles. The highest BCUT2D eigenvalue weighted by Crippen LogP contribution is 2.30. The molecular weight excluding hydrogens is 301 g/mol. The van der Waals surface area contributed by atoms with Crippen molar-refractivity contribution in [2.75, 3.05) is 11.2 Å². The second-order valence-electron chi connectivity index (χ2n) is 2.94. The molecule has 0 atom stereocenters. The van der Waals surface area contributed by atoms with E-state index < -0.39 is 0 Å². The highest BCUT2D eigenvalue weighted by Gasteiger charge is 2.07. The van der Waals surface area contributed by atoms with Crippen molar-refractivity contribution >= 4 is 50.7 Å². The maximum atomic E-state index is 11.4. The Hall–Kier alpha value is -0.250. The van der Waals surface area contributed by atoms with Crippen LogP contribution in [-0.4, -0.2) is 11.8 Å². The Balaban J connectivity index is 2.64. The van der Waals surface area contributed by atoms with Crippen molar-refractivity contribution in [3.05, 3.63) is 27.7 Å². The zero-order valence-corrected chi connectivity index (χ0v) is 11.0. The summed E-state index contributed by atoms with van der Waals surface area (Å²) < 4.78 is 0.700. The molecule has 0 radical (unpaired) electrons. The predicted octanol–water partition coefficient (Wildman–Crippen LogP) is 4.06. The number of hydrogen-bond acceptors (Lipinski definition) is 1. The molecule has 1 N–H and O–H groups in total. The molecule has 0 fully saturated rings. The average molecular weight is 311 g/mol. The van der Waals surface area contributed by atoms with E-state index in [-0.39, 0.29) is 5.91 Å². The van der Waals surface area contributed by atoms with Crippen LogP contribution >= 0.6 is 39.1 Å². The van der Waals surface area contributed by atoms with Gasteiger partial charge in [-0.1, -0.05) is 17.7 Å². The van der Waals surface area contributed by atoms with Gasteiger partial charge in [-0.3, -0.25) is 4.79 Å². The third-order valence-corrected chi connectivity index (χ3v) is 3.43. The number of carbonyl (C=O) groups is 1. The number of halogens is 3. The summed E-state index contributed by atoms with van der Waals surface area (Å²) in [6.45, 7) is 0. The fourth-order valence-corrected chi connectivity index (χ4v) is 1.71. The molecular formula is C10H10BrCl2NO. The zero-order valence-electron chi connectivity index (χ0n) is 7.90. The number of amides is 1. The molecule has 0 aliphatic carbocycles. The molecule has 1 aromatic rings. The molecule has 0 spiro atoms. The first-order valence-corrected chi connectivity index (χ1v) is 6.15. The lowest BCUT2D eigenvalue weighted by Crippen LogP contribution is -2.11. The molecule has 82 valence electrons. The standard InChI is InChI=1S/C10H10BrCl2NO/c11-10-7(13)3-1-4-8(10)14-9(15)5-2-6-12/h1,3-4H,2,5-6H2,(H,14,15).